The smallest absolute Gasteiger partial charge is 0.141 e. The second-order valence-corrected chi connectivity index (χ2v) is 24.3. The van der Waals surface area contributed by atoms with Crippen LogP contribution in [0.3, 0.4) is 0 Å². The van der Waals surface area contributed by atoms with Gasteiger partial charge in [-0.2, -0.15) is 0 Å². The fraction of sp³-hybridized carbons (Fsp3) is 0.200. The van der Waals surface area contributed by atoms with Gasteiger partial charge >= 0.3 is 0 Å². The monoisotopic (exact) mass is 1210 g/mol. The van der Waals surface area contributed by atoms with Gasteiger partial charge in [-0.05, 0) is 172 Å². The SMILES string of the molecule is c1ccc(Cn2c(-c3ccc(OC[C@H](C4CCNCC4)n4c(-c5ccccc5)nc5ccccc54)cc3)nc3ccccc32)cc1.c1ccc(Cn2c(-c3ccc(OC[C@H](C4CCNCC4)n4c(-c5ccccc5)nc5ccccc54)cc3)nc3ccccc32)cc1. The van der Waals surface area contributed by atoms with E-state index in [0.29, 0.717) is 25.0 Å². The van der Waals surface area contributed by atoms with E-state index in [2.05, 4.69) is 284 Å². The van der Waals surface area contributed by atoms with Crippen LogP contribution in [0.4, 0.5) is 0 Å². The zero-order valence-electron chi connectivity index (χ0n) is 51.6. The molecule has 6 heterocycles. The van der Waals surface area contributed by atoms with Crippen LogP contribution in [0.15, 0.2) is 267 Å². The van der Waals surface area contributed by atoms with Gasteiger partial charge in [0.2, 0.25) is 0 Å². The number of benzene rings is 10. The first-order chi connectivity index (χ1) is 45.6. The third-order valence-electron chi connectivity index (χ3n) is 18.5. The highest BCUT2D eigenvalue weighted by Crippen LogP contribution is 2.39. The first kappa shape index (κ1) is 58.0. The van der Waals surface area contributed by atoms with Gasteiger partial charge < -0.3 is 38.4 Å². The summed E-state index contributed by atoms with van der Waals surface area (Å²) >= 11 is 0. The second-order valence-electron chi connectivity index (χ2n) is 24.3. The number of para-hydroxylation sites is 8. The number of ether oxygens (including phenoxy) is 2. The maximum absolute atomic E-state index is 6.66. The summed E-state index contributed by atoms with van der Waals surface area (Å²) in [6, 6.07) is 93.1. The second kappa shape index (κ2) is 27.0. The van der Waals surface area contributed by atoms with Crippen LogP contribution in [0.25, 0.3) is 89.7 Å². The predicted octanol–water partition coefficient (Wildman–Crippen LogP) is 16.8. The molecule has 0 radical (unpaired) electrons. The summed E-state index contributed by atoms with van der Waals surface area (Å²) in [6.07, 6.45) is 4.41. The van der Waals surface area contributed by atoms with Gasteiger partial charge in [-0.25, -0.2) is 19.9 Å². The van der Waals surface area contributed by atoms with Crippen LogP contribution in [0.2, 0.25) is 0 Å². The Balaban J connectivity index is 0.000000153. The molecule has 0 spiro atoms. The van der Waals surface area contributed by atoms with Gasteiger partial charge in [0.1, 0.15) is 48.0 Å². The molecule has 2 aliphatic heterocycles. The van der Waals surface area contributed by atoms with Crippen LogP contribution in [0.1, 0.15) is 48.9 Å². The standard InChI is InChI=1S/2C40H37N5O/c2*1-3-11-29(12-4-1)27-44-36-17-9-7-15-34(36)42-39(44)32-19-21-33(22-20-32)46-28-38(30-23-25-41-26-24-30)45-37-18-10-8-16-35(37)43-40(45)31-13-5-2-6-14-31/h2*1-22,30,38,41H,23-28H2/t2*38-/m11/s1. The Kier molecular flexibility index (Phi) is 17.0. The first-order valence-corrected chi connectivity index (χ1v) is 32.5. The Labute approximate surface area is 536 Å². The van der Waals surface area contributed by atoms with Gasteiger partial charge in [-0.3, -0.25) is 0 Å². The van der Waals surface area contributed by atoms with E-state index in [9.17, 15) is 0 Å². The average Bonchev–Trinajstić information content (AvgIpc) is 1.83. The normalized spacial score (nSPS) is 14.5. The molecule has 0 saturated carbocycles. The molecule has 16 rings (SSSR count). The van der Waals surface area contributed by atoms with Crippen molar-refractivity contribution >= 4 is 44.1 Å². The Morgan fingerprint density at radius 2 is 0.609 bits per heavy atom. The van der Waals surface area contributed by atoms with E-state index in [1.54, 1.807) is 0 Å². The highest BCUT2D eigenvalue weighted by atomic mass is 16.5. The molecule has 2 aliphatic rings. The van der Waals surface area contributed by atoms with E-state index >= 15 is 0 Å². The zero-order chi connectivity index (χ0) is 61.4. The van der Waals surface area contributed by atoms with Crippen LogP contribution >= 0.6 is 0 Å². The molecule has 2 fully saturated rings. The molecule has 0 aliphatic carbocycles. The van der Waals surface area contributed by atoms with Crippen LogP contribution in [0.5, 0.6) is 11.5 Å². The summed E-state index contributed by atoms with van der Waals surface area (Å²) in [4.78, 5) is 20.4. The van der Waals surface area contributed by atoms with E-state index < -0.39 is 0 Å². The lowest BCUT2D eigenvalue weighted by molar-refractivity contribution is 0.175. The van der Waals surface area contributed by atoms with Gasteiger partial charge in [-0.1, -0.05) is 170 Å². The van der Waals surface area contributed by atoms with Crippen LogP contribution in [0, 0.1) is 11.8 Å². The van der Waals surface area contributed by atoms with Gasteiger partial charge in [-0.15, -0.1) is 0 Å². The van der Waals surface area contributed by atoms with Crippen molar-refractivity contribution in [3.8, 4) is 57.1 Å². The van der Waals surface area contributed by atoms with Gasteiger partial charge in [0, 0.05) is 35.3 Å². The fourth-order valence-electron chi connectivity index (χ4n) is 13.9. The van der Waals surface area contributed by atoms with Crippen LogP contribution < -0.4 is 20.1 Å². The predicted molar refractivity (Wildman–Crippen MR) is 372 cm³/mol. The lowest BCUT2D eigenvalue weighted by atomic mass is 9.90. The number of hydrogen-bond acceptors (Lipinski definition) is 8. The molecule has 12 nitrogen and oxygen atoms in total. The van der Waals surface area contributed by atoms with E-state index in [1.807, 2.05) is 12.1 Å². The van der Waals surface area contributed by atoms with Gasteiger partial charge in [0.05, 0.1) is 56.2 Å². The lowest BCUT2D eigenvalue weighted by Crippen LogP contribution is -2.35. The minimum Gasteiger partial charge on any atom is -0.491 e. The molecule has 0 amide bonds. The van der Waals surface area contributed by atoms with Crippen molar-refractivity contribution in [2.24, 2.45) is 11.8 Å². The molecule has 14 aromatic rings. The Bertz CT molecular complexity index is 4420. The number of nitrogens with one attached hydrogen (secondary N) is 2. The number of fused-ring (bicyclic) bond motifs is 4. The molecule has 2 N–H and O–H groups in total. The van der Waals surface area contributed by atoms with Crippen LogP contribution in [-0.2, 0) is 13.1 Å². The highest BCUT2D eigenvalue weighted by Gasteiger charge is 2.32. The number of hydrogen-bond donors (Lipinski definition) is 2. The van der Waals surface area contributed by atoms with Crippen molar-refractivity contribution in [3.05, 3.63) is 278 Å². The molecular formula is C80H74N10O2. The minimum absolute atomic E-state index is 0.138. The summed E-state index contributed by atoms with van der Waals surface area (Å²) in [7, 11) is 0. The molecule has 12 heteroatoms. The molecule has 10 aromatic carbocycles. The third kappa shape index (κ3) is 12.3. The van der Waals surface area contributed by atoms with E-state index in [1.165, 1.54) is 11.1 Å². The molecule has 0 bridgehead atoms. The van der Waals surface area contributed by atoms with Crippen molar-refractivity contribution in [2.75, 3.05) is 39.4 Å². The summed E-state index contributed by atoms with van der Waals surface area (Å²) in [5, 5.41) is 7.10. The van der Waals surface area contributed by atoms with Crippen molar-refractivity contribution in [3.63, 3.8) is 0 Å². The van der Waals surface area contributed by atoms with Crippen molar-refractivity contribution < 1.29 is 9.47 Å². The lowest BCUT2D eigenvalue weighted by Gasteiger charge is -2.33. The Hall–Kier alpha value is -10.4. The number of imidazole rings is 4. The van der Waals surface area contributed by atoms with Crippen molar-refractivity contribution in [1.82, 2.24) is 48.8 Å². The highest BCUT2D eigenvalue weighted by molar-refractivity contribution is 5.84. The van der Waals surface area contributed by atoms with E-state index in [-0.39, 0.29) is 12.1 Å². The Morgan fingerprint density at radius 3 is 0.978 bits per heavy atom. The number of rotatable bonds is 18. The molecule has 92 heavy (non-hydrogen) atoms. The van der Waals surface area contributed by atoms with Gasteiger partial charge in [0.25, 0.3) is 0 Å². The minimum atomic E-state index is 0.138. The number of piperidine rings is 2. The molecule has 2 atom stereocenters. The first-order valence-electron chi connectivity index (χ1n) is 32.5. The average molecular weight is 1210 g/mol. The number of aromatic nitrogens is 8. The quantitative estimate of drug-likeness (QED) is 0.0873. The molecule has 4 aromatic heterocycles. The fourth-order valence-corrected chi connectivity index (χ4v) is 13.9. The molecular weight excluding hydrogens is 1130 g/mol. The third-order valence-corrected chi connectivity index (χ3v) is 18.5. The van der Waals surface area contributed by atoms with E-state index in [4.69, 9.17) is 29.4 Å². The van der Waals surface area contributed by atoms with Crippen LogP contribution in [-0.4, -0.2) is 77.6 Å². The van der Waals surface area contributed by atoms with E-state index in [0.717, 1.165) is 166 Å². The maximum atomic E-state index is 6.66. The molecule has 2 saturated heterocycles. The van der Waals surface area contributed by atoms with Gasteiger partial charge in [0.15, 0.2) is 0 Å². The summed E-state index contributed by atoms with van der Waals surface area (Å²) < 4.78 is 22.8. The molecule has 456 valence electrons. The maximum Gasteiger partial charge on any atom is 0.141 e. The van der Waals surface area contributed by atoms with Crippen molar-refractivity contribution in [1.29, 1.82) is 0 Å². The molecule has 0 unspecified atom stereocenters. The summed E-state index contributed by atoms with van der Waals surface area (Å²) in [6.45, 7) is 6.74. The summed E-state index contributed by atoms with van der Waals surface area (Å²) in [5.41, 5.74) is 15.5. The largest absolute Gasteiger partial charge is 0.491 e. The van der Waals surface area contributed by atoms with Crippen molar-refractivity contribution in [2.45, 2.75) is 50.9 Å². The summed E-state index contributed by atoms with van der Waals surface area (Å²) in [5.74, 6) is 6.58. The topological polar surface area (TPSA) is 114 Å². The Morgan fingerprint density at radius 1 is 0.315 bits per heavy atom. The number of nitrogens with zero attached hydrogens (tertiary/aromatic N) is 8. The zero-order valence-corrected chi connectivity index (χ0v) is 51.6.